The van der Waals surface area contributed by atoms with Gasteiger partial charge in [0.1, 0.15) is 5.75 Å². The molecule has 3 aromatic rings. The van der Waals surface area contributed by atoms with E-state index in [1.54, 1.807) is 12.1 Å². The summed E-state index contributed by atoms with van der Waals surface area (Å²) < 4.78 is 2.08. The van der Waals surface area contributed by atoms with Gasteiger partial charge in [0.2, 0.25) is 0 Å². The molecule has 22 heavy (non-hydrogen) atoms. The Morgan fingerprint density at radius 2 is 1.86 bits per heavy atom. The fourth-order valence-corrected chi connectivity index (χ4v) is 3.08. The summed E-state index contributed by atoms with van der Waals surface area (Å²) in [6.07, 6.45) is 0. The molecule has 0 saturated carbocycles. The molecule has 0 bridgehead atoms. The minimum Gasteiger partial charge on any atom is -0.508 e. The first-order valence-corrected chi connectivity index (χ1v) is 7.15. The van der Waals surface area contributed by atoms with Gasteiger partial charge in [-0.15, -0.1) is 0 Å². The highest BCUT2D eigenvalue weighted by Gasteiger charge is 2.20. The van der Waals surface area contributed by atoms with Gasteiger partial charge in [0.15, 0.2) is 0 Å². The third-order valence-corrected chi connectivity index (χ3v) is 4.02. The summed E-state index contributed by atoms with van der Waals surface area (Å²) in [6, 6.07) is 13.4. The number of fused-ring (bicyclic) bond motifs is 1. The van der Waals surface area contributed by atoms with Gasteiger partial charge < -0.3 is 15.4 Å². The first kappa shape index (κ1) is 14.2. The number of amides is 1. The lowest BCUT2D eigenvalue weighted by Crippen LogP contribution is -2.13. The number of hydrogen-bond acceptors (Lipinski definition) is 2. The van der Waals surface area contributed by atoms with Gasteiger partial charge in [-0.2, -0.15) is 0 Å². The van der Waals surface area contributed by atoms with Crippen molar-refractivity contribution in [1.29, 1.82) is 0 Å². The van der Waals surface area contributed by atoms with E-state index < -0.39 is 5.91 Å². The molecule has 1 aromatic heterocycles. The van der Waals surface area contributed by atoms with Crippen molar-refractivity contribution < 1.29 is 9.90 Å². The number of aromatic nitrogens is 1. The molecule has 1 amide bonds. The third kappa shape index (κ3) is 2.22. The predicted octanol–water partition coefficient (Wildman–Crippen LogP) is 3.11. The zero-order chi connectivity index (χ0) is 15.9. The van der Waals surface area contributed by atoms with Crippen LogP contribution >= 0.6 is 0 Å². The first-order chi connectivity index (χ1) is 10.5. The minimum absolute atomic E-state index is 0.143. The zero-order valence-electron chi connectivity index (χ0n) is 12.6. The van der Waals surface area contributed by atoms with Crippen LogP contribution in [-0.4, -0.2) is 15.6 Å². The molecule has 0 atom stereocenters. The van der Waals surface area contributed by atoms with Gasteiger partial charge >= 0.3 is 0 Å². The molecule has 2 aromatic carbocycles. The second-order valence-electron chi connectivity index (χ2n) is 5.56. The molecule has 112 valence electrons. The van der Waals surface area contributed by atoms with Crippen molar-refractivity contribution in [1.82, 2.24) is 4.57 Å². The number of phenolic OH excluding ortho intramolecular Hbond substituents is 1. The molecule has 0 saturated heterocycles. The highest BCUT2D eigenvalue weighted by molar-refractivity contribution is 6.08. The molecule has 0 spiro atoms. The van der Waals surface area contributed by atoms with E-state index in [0.717, 1.165) is 22.3 Å². The number of benzene rings is 2. The number of primary amides is 1. The Labute approximate surface area is 128 Å². The van der Waals surface area contributed by atoms with Crippen LogP contribution in [0, 0.1) is 13.8 Å². The molecule has 0 aliphatic carbocycles. The minimum atomic E-state index is -0.473. The van der Waals surface area contributed by atoms with Gasteiger partial charge in [0.05, 0.1) is 11.1 Å². The fraction of sp³-hybridized carbons (Fsp3) is 0.167. The van der Waals surface area contributed by atoms with E-state index in [1.165, 1.54) is 0 Å². The van der Waals surface area contributed by atoms with Gasteiger partial charge in [-0.05, 0) is 37.1 Å². The molecule has 0 radical (unpaired) electrons. The Hall–Kier alpha value is -2.75. The number of aryl methyl sites for hydroxylation is 1. The van der Waals surface area contributed by atoms with Crippen molar-refractivity contribution >= 4 is 16.8 Å². The quantitative estimate of drug-likeness (QED) is 0.779. The van der Waals surface area contributed by atoms with E-state index in [4.69, 9.17) is 5.73 Å². The Bertz CT molecular complexity index is 864. The summed E-state index contributed by atoms with van der Waals surface area (Å²) in [6.45, 7) is 4.47. The number of carbonyl (C=O) groups is 1. The van der Waals surface area contributed by atoms with Crippen LogP contribution in [0.1, 0.15) is 27.2 Å². The largest absolute Gasteiger partial charge is 0.508 e. The molecular weight excluding hydrogens is 276 g/mol. The van der Waals surface area contributed by atoms with Crippen LogP contribution in [0.15, 0.2) is 42.5 Å². The normalized spacial score (nSPS) is 11.0. The third-order valence-electron chi connectivity index (χ3n) is 4.02. The smallest absolute Gasteiger partial charge is 0.251 e. The summed E-state index contributed by atoms with van der Waals surface area (Å²) >= 11 is 0. The van der Waals surface area contributed by atoms with Crippen LogP contribution in [0.2, 0.25) is 0 Å². The van der Waals surface area contributed by atoms with E-state index in [1.807, 2.05) is 44.2 Å². The van der Waals surface area contributed by atoms with Crippen LogP contribution in [-0.2, 0) is 6.54 Å². The molecule has 1 heterocycles. The Morgan fingerprint density at radius 3 is 2.50 bits per heavy atom. The number of phenols is 1. The maximum absolute atomic E-state index is 11.9. The molecule has 3 N–H and O–H groups in total. The topological polar surface area (TPSA) is 68.2 Å². The van der Waals surface area contributed by atoms with Crippen molar-refractivity contribution in [2.24, 2.45) is 5.73 Å². The van der Waals surface area contributed by atoms with Crippen molar-refractivity contribution in [3.8, 4) is 5.75 Å². The SMILES string of the molecule is Cc1cc(O)cc2c(C(N)=O)c(C)n(Cc3ccccc3)c12. The maximum Gasteiger partial charge on any atom is 0.251 e. The molecule has 0 unspecified atom stereocenters. The van der Waals surface area contributed by atoms with Crippen LogP contribution in [0.5, 0.6) is 5.75 Å². The van der Waals surface area contributed by atoms with Gasteiger partial charge in [-0.3, -0.25) is 4.79 Å². The lowest BCUT2D eigenvalue weighted by atomic mass is 10.1. The average Bonchev–Trinajstić information content (AvgIpc) is 2.72. The summed E-state index contributed by atoms with van der Waals surface area (Å²) in [5.41, 5.74) is 9.85. The Balaban J connectivity index is 2.30. The Kier molecular flexibility index (Phi) is 3.37. The molecule has 0 aliphatic rings. The highest BCUT2D eigenvalue weighted by atomic mass is 16.3. The van der Waals surface area contributed by atoms with Crippen molar-refractivity contribution in [2.45, 2.75) is 20.4 Å². The number of nitrogens with zero attached hydrogens (tertiary/aromatic N) is 1. The fourth-order valence-electron chi connectivity index (χ4n) is 3.08. The van der Waals surface area contributed by atoms with E-state index in [-0.39, 0.29) is 5.75 Å². The molecule has 0 fully saturated rings. The lowest BCUT2D eigenvalue weighted by Gasteiger charge is -2.10. The van der Waals surface area contributed by atoms with E-state index in [9.17, 15) is 9.90 Å². The zero-order valence-corrected chi connectivity index (χ0v) is 12.6. The molecule has 0 aliphatic heterocycles. The number of nitrogens with two attached hydrogens (primary N) is 1. The van der Waals surface area contributed by atoms with Crippen LogP contribution in [0.25, 0.3) is 10.9 Å². The molecular formula is C18H18N2O2. The van der Waals surface area contributed by atoms with Gasteiger partial charge in [0.25, 0.3) is 5.91 Å². The number of carbonyl (C=O) groups excluding carboxylic acids is 1. The van der Waals surface area contributed by atoms with Crippen molar-refractivity contribution in [3.05, 3.63) is 64.8 Å². The highest BCUT2D eigenvalue weighted by Crippen LogP contribution is 2.32. The maximum atomic E-state index is 11.9. The number of hydrogen-bond donors (Lipinski definition) is 2. The van der Waals surface area contributed by atoms with Crippen LogP contribution in [0.4, 0.5) is 0 Å². The number of aromatic hydroxyl groups is 1. The van der Waals surface area contributed by atoms with Crippen LogP contribution in [0.3, 0.4) is 0 Å². The summed E-state index contributed by atoms with van der Waals surface area (Å²) in [5, 5.41) is 10.6. The van der Waals surface area contributed by atoms with Gasteiger partial charge in [-0.1, -0.05) is 30.3 Å². The van der Waals surface area contributed by atoms with Gasteiger partial charge in [0, 0.05) is 17.6 Å². The summed E-state index contributed by atoms with van der Waals surface area (Å²) in [7, 11) is 0. The second-order valence-corrected chi connectivity index (χ2v) is 5.56. The van der Waals surface area contributed by atoms with E-state index in [2.05, 4.69) is 4.57 Å². The molecule has 3 rings (SSSR count). The summed E-state index contributed by atoms with van der Waals surface area (Å²) in [4.78, 5) is 11.9. The van der Waals surface area contributed by atoms with Crippen molar-refractivity contribution in [2.75, 3.05) is 0 Å². The molecule has 4 heteroatoms. The monoisotopic (exact) mass is 294 g/mol. The standard InChI is InChI=1S/C18H18N2O2/c1-11-8-14(21)9-15-16(18(19)22)12(2)20(17(11)15)10-13-6-4-3-5-7-13/h3-9,21H,10H2,1-2H3,(H2,19,22). The van der Waals surface area contributed by atoms with Crippen molar-refractivity contribution in [3.63, 3.8) is 0 Å². The first-order valence-electron chi connectivity index (χ1n) is 7.15. The van der Waals surface area contributed by atoms with E-state index in [0.29, 0.717) is 17.5 Å². The molecule has 4 nitrogen and oxygen atoms in total. The van der Waals surface area contributed by atoms with E-state index >= 15 is 0 Å². The van der Waals surface area contributed by atoms with Gasteiger partial charge in [-0.25, -0.2) is 0 Å². The second kappa shape index (κ2) is 5.22. The summed E-state index contributed by atoms with van der Waals surface area (Å²) in [5.74, 6) is -0.330. The average molecular weight is 294 g/mol. The van der Waals surface area contributed by atoms with Crippen LogP contribution < -0.4 is 5.73 Å². The Morgan fingerprint density at radius 1 is 1.18 bits per heavy atom. The lowest BCUT2D eigenvalue weighted by molar-refractivity contribution is 0.100. The number of rotatable bonds is 3. The predicted molar refractivity (Wildman–Crippen MR) is 87.1 cm³/mol.